The summed E-state index contributed by atoms with van der Waals surface area (Å²) in [5.41, 5.74) is 1.59. The van der Waals surface area contributed by atoms with Gasteiger partial charge in [0.15, 0.2) is 5.82 Å². The van der Waals surface area contributed by atoms with E-state index in [9.17, 15) is 4.79 Å². The molecule has 3 rings (SSSR count). The standard InChI is InChI=1S/C22H23Cl3N4O2/c1-4-29-20(11-21(30)26-12-14-7-16(23)10-17(24)8-14)27-22(28-29)15-5-6-18(25)19(9-15)31-13(2)3/h5-10,13H,4,11-12H2,1-3H3,(H,26,30). The largest absolute Gasteiger partial charge is 0.489 e. The number of benzene rings is 2. The van der Waals surface area contributed by atoms with Crippen molar-refractivity contribution in [1.29, 1.82) is 0 Å². The first-order chi connectivity index (χ1) is 14.7. The van der Waals surface area contributed by atoms with Gasteiger partial charge < -0.3 is 10.1 Å². The lowest BCUT2D eigenvalue weighted by Crippen LogP contribution is -2.26. The Balaban J connectivity index is 1.73. The van der Waals surface area contributed by atoms with Gasteiger partial charge in [0.05, 0.1) is 17.5 Å². The van der Waals surface area contributed by atoms with Gasteiger partial charge in [0.25, 0.3) is 0 Å². The highest BCUT2D eigenvalue weighted by molar-refractivity contribution is 6.34. The summed E-state index contributed by atoms with van der Waals surface area (Å²) in [6, 6.07) is 10.6. The third-order valence-electron chi connectivity index (χ3n) is 4.33. The predicted octanol–water partition coefficient (Wildman–Crippen LogP) is 5.57. The Morgan fingerprint density at radius 1 is 1.13 bits per heavy atom. The van der Waals surface area contributed by atoms with E-state index in [1.165, 1.54) is 0 Å². The number of nitrogens with one attached hydrogen (secondary N) is 1. The van der Waals surface area contributed by atoms with Crippen LogP contribution < -0.4 is 10.1 Å². The van der Waals surface area contributed by atoms with Gasteiger partial charge in [0.2, 0.25) is 5.91 Å². The smallest absolute Gasteiger partial charge is 0.227 e. The van der Waals surface area contributed by atoms with Crippen LogP contribution in [0.3, 0.4) is 0 Å². The minimum absolute atomic E-state index is 0.0115. The van der Waals surface area contributed by atoms with E-state index in [4.69, 9.17) is 39.5 Å². The molecule has 3 aromatic rings. The number of rotatable bonds is 8. The second-order valence-corrected chi connectivity index (χ2v) is 8.49. The van der Waals surface area contributed by atoms with Gasteiger partial charge in [0.1, 0.15) is 11.6 Å². The molecule has 0 unspecified atom stereocenters. The van der Waals surface area contributed by atoms with Gasteiger partial charge in [-0.05, 0) is 62.7 Å². The van der Waals surface area contributed by atoms with Crippen LogP contribution >= 0.6 is 34.8 Å². The summed E-state index contributed by atoms with van der Waals surface area (Å²) in [7, 11) is 0. The fourth-order valence-electron chi connectivity index (χ4n) is 2.99. The van der Waals surface area contributed by atoms with Crippen LogP contribution in [0.2, 0.25) is 15.1 Å². The summed E-state index contributed by atoms with van der Waals surface area (Å²) in [4.78, 5) is 17.1. The van der Waals surface area contributed by atoms with E-state index < -0.39 is 0 Å². The second kappa shape index (κ2) is 10.4. The fourth-order valence-corrected chi connectivity index (χ4v) is 3.72. The molecule has 0 bridgehead atoms. The number of halogens is 3. The monoisotopic (exact) mass is 480 g/mol. The molecule has 1 heterocycles. The lowest BCUT2D eigenvalue weighted by Gasteiger charge is -2.11. The molecule has 1 aromatic heterocycles. The van der Waals surface area contributed by atoms with Crippen LogP contribution in [0.5, 0.6) is 5.75 Å². The number of ether oxygens (including phenoxy) is 1. The van der Waals surface area contributed by atoms with E-state index >= 15 is 0 Å². The molecule has 31 heavy (non-hydrogen) atoms. The summed E-state index contributed by atoms with van der Waals surface area (Å²) in [6.45, 7) is 6.72. The van der Waals surface area contributed by atoms with Crippen molar-refractivity contribution in [3.8, 4) is 17.1 Å². The Bertz CT molecular complexity index is 1060. The first kappa shape index (κ1) is 23.4. The first-order valence-electron chi connectivity index (χ1n) is 9.87. The van der Waals surface area contributed by atoms with Gasteiger partial charge in [-0.15, -0.1) is 0 Å². The molecule has 2 aromatic carbocycles. The van der Waals surface area contributed by atoms with Crippen LogP contribution in [0.1, 0.15) is 32.2 Å². The highest BCUT2D eigenvalue weighted by Gasteiger charge is 2.16. The Morgan fingerprint density at radius 3 is 2.48 bits per heavy atom. The number of carbonyl (C=O) groups is 1. The third kappa shape index (κ3) is 6.35. The molecule has 0 aliphatic carbocycles. The Hall–Kier alpha value is -2.28. The minimum Gasteiger partial charge on any atom is -0.489 e. The average molecular weight is 482 g/mol. The van der Waals surface area contributed by atoms with Crippen LogP contribution in [0.15, 0.2) is 36.4 Å². The predicted molar refractivity (Wildman–Crippen MR) is 124 cm³/mol. The summed E-state index contributed by atoms with van der Waals surface area (Å²) in [5, 5.41) is 8.97. The zero-order valence-corrected chi connectivity index (χ0v) is 19.7. The molecule has 164 valence electrons. The van der Waals surface area contributed by atoms with Crippen LogP contribution in [-0.2, 0) is 24.3 Å². The van der Waals surface area contributed by atoms with E-state index in [0.29, 0.717) is 45.6 Å². The molecule has 0 aliphatic heterocycles. The highest BCUT2D eigenvalue weighted by Crippen LogP contribution is 2.30. The topological polar surface area (TPSA) is 69.0 Å². The molecule has 0 spiro atoms. The number of hydrogen-bond donors (Lipinski definition) is 1. The van der Waals surface area contributed by atoms with Gasteiger partial charge in [0, 0.05) is 28.7 Å². The maximum absolute atomic E-state index is 12.5. The first-order valence-corrected chi connectivity index (χ1v) is 11.0. The van der Waals surface area contributed by atoms with E-state index in [0.717, 1.165) is 11.1 Å². The van der Waals surface area contributed by atoms with Gasteiger partial charge >= 0.3 is 0 Å². The Labute approximate surface area is 196 Å². The molecule has 6 nitrogen and oxygen atoms in total. The molecule has 0 aliphatic rings. The lowest BCUT2D eigenvalue weighted by atomic mass is 10.2. The number of carbonyl (C=O) groups excluding carboxylic acids is 1. The third-order valence-corrected chi connectivity index (χ3v) is 5.08. The molecule has 0 atom stereocenters. The SMILES string of the molecule is CCn1nc(-c2ccc(Cl)c(OC(C)C)c2)nc1CC(=O)NCc1cc(Cl)cc(Cl)c1. The van der Waals surface area contributed by atoms with Crippen LogP contribution in [-0.4, -0.2) is 26.8 Å². The van der Waals surface area contributed by atoms with Crippen LogP contribution in [0.4, 0.5) is 0 Å². The summed E-state index contributed by atoms with van der Waals surface area (Å²) < 4.78 is 7.46. The second-order valence-electron chi connectivity index (χ2n) is 7.21. The molecular formula is C22H23Cl3N4O2. The normalized spacial score (nSPS) is 11.1. The molecular weight excluding hydrogens is 459 g/mol. The van der Waals surface area contributed by atoms with E-state index in [1.54, 1.807) is 28.9 Å². The van der Waals surface area contributed by atoms with Crippen molar-refractivity contribution in [2.45, 2.75) is 46.4 Å². The van der Waals surface area contributed by atoms with E-state index in [1.807, 2.05) is 32.9 Å². The van der Waals surface area contributed by atoms with Crippen molar-refractivity contribution in [3.63, 3.8) is 0 Å². The zero-order valence-electron chi connectivity index (χ0n) is 17.5. The Kier molecular flexibility index (Phi) is 7.81. The maximum atomic E-state index is 12.5. The number of aryl methyl sites for hydroxylation is 1. The molecule has 0 saturated heterocycles. The van der Waals surface area contributed by atoms with Gasteiger partial charge in [-0.25, -0.2) is 9.67 Å². The van der Waals surface area contributed by atoms with Gasteiger partial charge in [-0.2, -0.15) is 5.10 Å². The molecule has 0 radical (unpaired) electrons. The van der Waals surface area contributed by atoms with Gasteiger partial charge in [-0.1, -0.05) is 34.8 Å². The van der Waals surface area contributed by atoms with Crippen molar-refractivity contribution in [2.75, 3.05) is 0 Å². The number of amides is 1. The lowest BCUT2D eigenvalue weighted by molar-refractivity contribution is -0.120. The van der Waals surface area contributed by atoms with E-state index in [-0.39, 0.29) is 18.4 Å². The highest BCUT2D eigenvalue weighted by atomic mass is 35.5. The number of aromatic nitrogens is 3. The van der Waals surface area contributed by atoms with Crippen LogP contribution in [0.25, 0.3) is 11.4 Å². The van der Waals surface area contributed by atoms with Crippen molar-refractivity contribution in [3.05, 3.63) is 62.9 Å². The van der Waals surface area contributed by atoms with Crippen LogP contribution in [0, 0.1) is 0 Å². The van der Waals surface area contributed by atoms with Crippen molar-refractivity contribution in [1.82, 2.24) is 20.1 Å². The molecule has 1 amide bonds. The minimum atomic E-state index is -0.176. The Morgan fingerprint density at radius 2 is 1.84 bits per heavy atom. The summed E-state index contributed by atoms with van der Waals surface area (Å²) in [5.74, 6) is 1.48. The molecule has 9 heteroatoms. The van der Waals surface area contributed by atoms with Crippen molar-refractivity contribution in [2.24, 2.45) is 0 Å². The van der Waals surface area contributed by atoms with E-state index in [2.05, 4.69) is 15.4 Å². The number of hydrogen-bond acceptors (Lipinski definition) is 4. The van der Waals surface area contributed by atoms with Crippen molar-refractivity contribution >= 4 is 40.7 Å². The quantitative estimate of drug-likeness (QED) is 0.456. The summed E-state index contributed by atoms with van der Waals surface area (Å²) >= 11 is 18.2. The maximum Gasteiger partial charge on any atom is 0.227 e. The fraction of sp³-hybridized carbons (Fsp3) is 0.318. The molecule has 0 saturated carbocycles. The van der Waals surface area contributed by atoms with Gasteiger partial charge in [-0.3, -0.25) is 4.79 Å². The molecule has 1 N–H and O–H groups in total. The average Bonchev–Trinajstić information content (AvgIpc) is 3.10. The number of nitrogens with zero attached hydrogens (tertiary/aromatic N) is 3. The zero-order chi connectivity index (χ0) is 22.5. The molecule has 0 fully saturated rings. The summed E-state index contributed by atoms with van der Waals surface area (Å²) in [6.07, 6.45) is 0.0838. The van der Waals surface area contributed by atoms with Crippen molar-refractivity contribution < 1.29 is 9.53 Å².